The highest BCUT2D eigenvalue weighted by Crippen LogP contribution is 2.25. The summed E-state index contributed by atoms with van der Waals surface area (Å²) in [5.41, 5.74) is 0. The van der Waals surface area contributed by atoms with Crippen molar-refractivity contribution in [3.8, 4) is 0 Å². The van der Waals surface area contributed by atoms with Gasteiger partial charge in [-0.3, -0.25) is 9.59 Å². The molecule has 2 unspecified atom stereocenters. The fourth-order valence-corrected chi connectivity index (χ4v) is 1.60. The van der Waals surface area contributed by atoms with Gasteiger partial charge in [0.05, 0.1) is 5.92 Å². The van der Waals surface area contributed by atoms with Crippen molar-refractivity contribution in [3.05, 3.63) is 0 Å². The van der Waals surface area contributed by atoms with E-state index in [9.17, 15) is 18.4 Å². The number of carboxylic acids is 1. The van der Waals surface area contributed by atoms with Gasteiger partial charge in [0, 0.05) is 6.04 Å². The molecule has 2 atom stereocenters. The van der Waals surface area contributed by atoms with Crippen LogP contribution in [0.1, 0.15) is 19.3 Å². The van der Waals surface area contributed by atoms with Gasteiger partial charge in [-0.2, -0.15) is 8.78 Å². The summed E-state index contributed by atoms with van der Waals surface area (Å²) < 4.78 is 23.6. The number of carbonyl (C=O) groups is 2. The lowest BCUT2D eigenvalue weighted by atomic mass is 10.1. The Hall–Kier alpha value is -1.20. The maximum atomic E-state index is 11.8. The fraction of sp³-hybridized carbons (Fsp3) is 0.750. The minimum Gasteiger partial charge on any atom is -0.481 e. The second-order valence-electron chi connectivity index (χ2n) is 3.35. The number of carbonyl (C=O) groups excluding carboxylic acids is 1. The van der Waals surface area contributed by atoms with Gasteiger partial charge in [-0.05, 0) is 19.3 Å². The molecule has 1 aliphatic rings. The normalized spacial score (nSPS) is 26.5. The highest BCUT2D eigenvalue weighted by Gasteiger charge is 2.31. The Balaban J connectivity index is 2.36. The molecule has 0 aliphatic heterocycles. The van der Waals surface area contributed by atoms with Gasteiger partial charge >= 0.3 is 12.4 Å². The zero-order valence-electron chi connectivity index (χ0n) is 7.37. The number of nitrogens with one attached hydrogen (secondary N) is 1. The van der Waals surface area contributed by atoms with E-state index >= 15 is 0 Å². The van der Waals surface area contributed by atoms with Crippen molar-refractivity contribution in [1.29, 1.82) is 0 Å². The largest absolute Gasteiger partial charge is 0.481 e. The smallest absolute Gasteiger partial charge is 0.315 e. The summed E-state index contributed by atoms with van der Waals surface area (Å²) in [5, 5.41) is 10.7. The minimum absolute atomic E-state index is 0.244. The van der Waals surface area contributed by atoms with Crippen LogP contribution in [0.2, 0.25) is 0 Å². The average molecular weight is 207 g/mol. The first-order valence-electron chi connectivity index (χ1n) is 4.32. The zero-order valence-corrected chi connectivity index (χ0v) is 7.37. The van der Waals surface area contributed by atoms with Gasteiger partial charge in [0.15, 0.2) is 0 Å². The second kappa shape index (κ2) is 4.34. The molecule has 0 bridgehead atoms. The SMILES string of the molecule is O=C(NC1CCC(C(=O)O)C1)C(F)F. The molecule has 6 heteroatoms. The molecule has 0 heterocycles. The highest BCUT2D eigenvalue weighted by molar-refractivity contribution is 5.79. The molecule has 0 aromatic rings. The molecular formula is C8H11F2NO3. The third kappa shape index (κ3) is 2.65. The number of hydrogen-bond acceptors (Lipinski definition) is 2. The van der Waals surface area contributed by atoms with Gasteiger partial charge in [0.1, 0.15) is 0 Å². The number of halogens is 2. The first-order valence-corrected chi connectivity index (χ1v) is 4.32. The fourth-order valence-electron chi connectivity index (χ4n) is 1.60. The molecule has 1 amide bonds. The van der Waals surface area contributed by atoms with E-state index in [2.05, 4.69) is 5.32 Å². The number of aliphatic carboxylic acids is 1. The predicted octanol–water partition coefficient (Wildman–Crippen LogP) is 0.621. The third-order valence-electron chi connectivity index (χ3n) is 2.33. The topological polar surface area (TPSA) is 66.4 Å². The quantitative estimate of drug-likeness (QED) is 0.713. The molecule has 80 valence electrons. The first-order chi connectivity index (χ1) is 6.50. The van der Waals surface area contributed by atoms with Gasteiger partial charge in [-0.15, -0.1) is 0 Å². The summed E-state index contributed by atoms with van der Waals surface area (Å²) in [6, 6.07) is -0.419. The molecule has 1 saturated carbocycles. The van der Waals surface area contributed by atoms with Gasteiger partial charge in [0.25, 0.3) is 5.91 Å². The summed E-state index contributed by atoms with van der Waals surface area (Å²) in [7, 11) is 0. The van der Waals surface area contributed by atoms with Crippen LogP contribution in [0.4, 0.5) is 8.78 Å². The Bertz CT molecular complexity index is 245. The maximum absolute atomic E-state index is 11.8. The lowest BCUT2D eigenvalue weighted by Crippen LogP contribution is -2.37. The highest BCUT2D eigenvalue weighted by atomic mass is 19.3. The van der Waals surface area contributed by atoms with Gasteiger partial charge in [-0.25, -0.2) is 0 Å². The van der Waals surface area contributed by atoms with Crippen LogP contribution in [-0.4, -0.2) is 29.5 Å². The lowest BCUT2D eigenvalue weighted by molar-refractivity contribution is -0.141. The number of amides is 1. The van der Waals surface area contributed by atoms with E-state index in [4.69, 9.17) is 5.11 Å². The molecule has 1 fully saturated rings. The molecule has 0 aromatic heterocycles. The molecule has 1 aliphatic carbocycles. The molecule has 1 rings (SSSR count). The van der Waals surface area contributed by atoms with Crippen LogP contribution >= 0.6 is 0 Å². The third-order valence-corrected chi connectivity index (χ3v) is 2.33. The van der Waals surface area contributed by atoms with Crippen LogP contribution in [-0.2, 0) is 9.59 Å². The molecule has 0 spiro atoms. The second-order valence-corrected chi connectivity index (χ2v) is 3.35. The molecule has 0 saturated heterocycles. The van der Waals surface area contributed by atoms with Gasteiger partial charge in [-0.1, -0.05) is 0 Å². The molecule has 0 aromatic carbocycles. The average Bonchev–Trinajstić information content (AvgIpc) is 2.52. The van der Waals surface area contributed by atoms with E-state index < -0.39 is 30.3 Å². The van der Waals surface area contributed by atoms with Crippen molar-refractivity contribution < 1.29 is 23.5 Å². The van der Waals surface area contributed by atoms with Crippen LogP contribution < -0.4 is 5.32 Å². The molecule has 2 N–H and O–H groups in total. The molecule has 14 heavy (non-hydrogen) atoms. The summed E-state index contributed by atoms with van der Waals surface area (Å²) >= 11 is 0. The standard InChI is InChI=1S/C8H11F2NO3/c9-6(10)7(12)11-5-2-1-4(3-5)8(13)14/h4-6H,1-3H2,(H,11,12)(H,13,14). The van der Waals surface area contributed by atoms with Crippen molar-refractivity contribution >= 4 is 11.9 Å². The maximum Gasteiger partial charge on any atom is 0.315 e. The van der Waals surface area contributed by atoms with E-state index in [-0.39, 0.29) is 6.42 Å². The van der Waals surface area contributed by atoms with E-state index in [1.807, 2.05) is 0 Å². The van der Waals surface area contributed by atoms with Crippen LogP contribution in [0.5, 0.6) is 0 Å². The number of hydrogen-bond donors (Lipinski definition) is 2. The van der Waals surface area contributed by atoms with Crippen molar-refractivity contribution in [3.63, 3.8) is 0 Å². The first kappa shape index (κ1) is 10.9. The van der Waals surface area contributed by atoms with Crippen LogP contribution in [0.25, 0.3) is 0 Å². The van der Waals surface area contributed by atoms with Crippen molar-refractivity contribution in [2.45, 2.75) is 31.7 Å². The van der Waals surface area contributed by atoms with Crippen molar-refractivity contribution in [2.24, 2.45) is 5.92 Å². The van der Waals surface area contributed by atoms with Gasteiger partial charge < -0.3 is 10.4 Å². The van der Waals surface area contributed by atoms with E-state index in [0.29, 0.717) is 12.8 Å². The Kier molecular flexibility index (Phi) is 3.38. The van der Waals surface area contributed by atoms with Crippen LogP contribution in [0.15, 0.2) is 0 Å². The molecule has 0 radical (unpaired) electrons. The van der Waals surface area contributed by atoms with E-state index in [0.717, 1.165) is 0 Å². The Morgan fingerprint density at radius 3 is 2.43 bits per heavy atom. The van der Waals surface area contributed by atoms with Crippen molar-refractivity contribution in [1.82, 2.24) is 5.32 Å². The lowest BCUT2D eigenvalue weighted by Gasteiger charge is -2.11. The summed E-state index contributed by atoms with van der Waals surface area (Å²) in [6.45, 7) is 0. The number of carboxylic acid groups (broad SMARTS) is 1. The van der Waals surface area contributed by atoms with Crippen molar-refractivity contribution in [2.75, 3.05) is 0 Å². The predicted molar refractivity (Wildman–Crippen MR) is 42.9 cm³/mol. The minimum atomic E-state index is -3.03. The number of rotatable bonds is 3. The monoisotopic (exact) mass is 207 g/mol. The molecular weight excluding hydrogens is 196 g/mol. The summed E-state index contributed by atoms with van der Waals surface area (Å²) in [6.07, 6.45) is -1.90. The Morgan fingerprint density at radius 1 is 1.36 bits per heavy atom. The zero-order chi connectivity index (χ0) is 10.7. The summed E-state index contributed by atoms with van der Waals surface area (Å²) in [5.74, 6) is -2.77. The van der Waals surface area contributed by atoms with E-state index in [1.165, 1.54) is 0 Å². The number of alkyl halides is 2. The molecule has 4 nitrogen and oxygen atoms in total. The Morgan fingerprint density at radius 2 is 2.00 bits per heavy atom. The van der Waals surface area contributed by atoms with Crippen LogP contribution in [0.3, 0.4) is 0 Å². The van der Waals surface area contributed by atoms with Gasteiger partial charge in [0.2, 0.25) is 0 Å². The van der Waals surface area contributed by atoms with E-state index in [1.54, 1.807) is 0 Å². The van der Waals surface area contributed by atoms with Crippen LogP contribution in [0, 0.1) is 5.92 Å². The summed E-state index contributed by atoms with van der Waals surface area (Å²) in [4.78, 5) is 21.1. The Labute approximate surface area is 79.3 Å².